The predicted octanol–water partition coefficient (Wildman–Crippen LogP) is 2.73. The summed E-state index contributed by atoms with van der Waals surface area (Å²) in [4.78, 5) is 9.54. The van der Waals surface area contributed by atoms with Crippen LogP contribution in [-0.2, 0) is 16.7 Å². The van der Waals surface area contributed by atoms with Crippen LogP contribution in [0, 0.1) is 11.3 Å². The number of amidine groups is 1. The maximum atomic E-state index is 9.75. The third-order valence-corrected chi connectivity index (χ3v) is 7.23. The highest BCUT2D eigenvalue weighted by Crippen LogP contribution is 2.58. The third-order valence-electron chi connectivity index (χ3n) is 7.23. The van der Waals surface area contributed by atoms with E-state index in [-0.39, 0.29) is 12.0 Å². The summed E-state index contributed by atoms with van der Waals surface area (Å²) in [7, 11) is 1.52. The Bertz CT molecular complexity index is 1380. The molecule has 2 bridgehead atoms. The van der Waals surface area contributed by atoms with E-state index in [1.807, 2.05) is 24.3 Å². The minimum absolute atomic E-state index is 0.0288. The highest BCUT2D eigenvalue weighted by molar-refractivity contribution is 6.02. The van der Waals surface area contributed by atoms with E-state index in [4.69, 9.17) is 24.9 Å². The van der Waals surface area contributed by atoms with Gasteiger partial charge < -0.3 is 29.6 Å². The van der Waals surface area contributed by atoms with Crippen molar-refractivity contribution in [2.45, 2.75) is 30.4 Å². The standard InChI is InChI=1S/C26H25N5O4/c1-33-19-3-2-4-20(18(19)11-27)35-17-7-5-16(6-8-17)21-22-23(28)29-9-10-31(22)24(30-21)25-12-26(13-25,14-32)34-15-25/h2-8,32H,9-10,12-15H2,1H3,(H2,28,29). The average Bonchev–Trinajstić information content (AvgIpc) is 3.55. The molecule has 0 amide bonds. The van der Waals surface area contributed by atoms with Crippen molar-refractivity contribution in [2.75, 3.05) is 26.9 Å². The molecule has 1 aromatic heterocycles. The van der Waals surface area contributed by atoms with Crippen LogP contribution in [0.25, 0.3) is 11.3 Å². The lowest BCUT2D eigenvalue weighted by Crippen LogP contribution is -2.50. The zero-order valence-corrected chi connectivity index (χ0v) is 19.3. The molecule has 4 aliphatic rings. The molecular weight excluding hydrogens is 446 g/mol. The number of fused-ring (bicyclic) bond motifs is 2. The molecule has 4 heterocycles. The van der Waals surface area contributed by atoms with E-state index in [2.05, 4.69) is 15.6 Å². The van der Waals surface area contributed by atoms with Gasteiger partial charge in [0.1, 0.15) is 46.2 Å². The van der Waals surface area contributed by atoms with E-state index in [0.717, 1.165) is 35.6 Å². The molecule has 0 spiro atoms. The minimum Gasteiger partial charge on any atom is -0.495 e. The van der Waals surface area contributed by atoms with Gasteiger partial charge in [0.15, 0.2) is 0 Å². The van der Waals surface area contributed by atoms with Crippen LogP contribution in [0.5, 0.6) is 17.2 Å². The van der Waals surface area contributed by atoms with Crippen LogP contribution in [0.3, 0.4) is 0 Å². The maximum Gasteiger partial charge on any atom is 0.148 e. The van der Waals surface area contributed by atoms with Gasteiger partial charge in [-0.1, -0.05) is 6.07 Å². The number of ether oxygens (including phenoxy) is 3. The van der Waals surface area contributed by atoms with Crippen molar-refractivity contribution in [2.24, 2.45) is 10.7 Å². The number of hydrogen-bond acceptors (Lipinski definition) is 8. The fraction of sp³-hybridized carbons (Fsp3) is 0.346. The lowest BCUT2D eigenvalue weighted by molar-refractivity contribution is -0.0488. The fourth-order valence-electron chi connectivity index (χ4n) is 5.62. The molecule has 9 nitrogen and oxygen atoms in total. The van der Waals surface area contributed by atoms with Crippen molar-refractivity contribution in [1.29, 1.82) is 5.26 Å². The Kier molecular flexibility index (Phi) is 4.85. The quantitative estimate of drug-likeness (QED) is 0.566. The number of nitrogens with two attached hydrogens (primary N) is 1. The molecule has 0 radical (unpaired) electrons. The number of imidazole rings is 1. The lowest BCUT2D eigenvalue weighted by atomic mass is 9.62. The van der Waals surface area contributed by atoms with Gasteiger partial charge in [0, 0.05) is 12.1 Å². The lowest BCUT2D eigenvalue weighted by Gasteiger charge is -2.43. The first-order valence-electron chi connectivity index (χ1n) is 11.5. The molecule has 0 atom stereocenters. The normalized spacial score (nSPS) is 24.2. The van der Waals surface area contributed by atoms with Crippen LogP contribution in [0.1, 0.15) is 29.9 Å². The zero-order valence-electron chi connectivity index (χ0n) is 19.3. The number of nitrogens with zero attached hydrogens (tertiary/aromatic N) is 4. The summed E-state index contributed by atoms with van der Waals surface area (Å²) in [5.41, 5.74) is 8.55. The van der Waals surface area contributed by atoms with Gasteiger partial charge in [-0.25, -0.2) is 4.98 Å². The van der Waals surface area contributed by atoms with Gasteiger partial charge in [-0.3, -0.25) is 4.99 Å². The van der Waals surface area contributed by atoms with Gasteiger partial charge in [0.05, 0.1) is 43.6 Å². The molecule has 3 aliphatic heterocycles. The highest BCUT2D eigenvalue weighted by atomic mass is 16.5. The van der Waals surface area contributed by atoms with Crippen molar-refractivity contribution in [3.05, 3.63) is 59.5 Å². The molecular formula is C26H25N5O4. The number of hydrogen-bond donors (Lipinski definition) is 2. The predicted molar refractivity (Wildman–Crippen MR) is 128 cm³/mol. The molecule has 178 valence electrons. The summed E-state index contributed by atoms with van der Waals surface area (Å²) >= 11 is 0. The second-order valence-electron chi connectivity index (χ2n) is 9.39. The number of methoxy groups -OCH3 is 1. The minimum atomic E-state index is -0.428. The van der Waals surface area contributed by atoms with Crippen LogP contribution in [0.4, 0.5) is 0 Å². The molecule has 3 aromatic rings. The van der Waals surface area contributed by atoms with Crippen LogP contribution in [0.15, 0.2) is 47.5 Å². The SMILES string of the molecule is COc1cccc(Oc2ccc(-c3nc(C45COC(CO)(C4)C5)n4c3C(N)=NCC4)cc2)c1C#N. The Balaban J connectivity index is 1.34. The Labute approximate surface area is 202 Å². The molecule has 35 heavy (non-hydrogen) atoms. The summed E-state index contributed by atoms with van der Waals surface area (Å²) in [6, 6.07) is 14.9. The van der Waals surface area contributed by atoms with E-state index >= 15 is 0 Å². The first kappa shape index (κ1) is 21.6. The van der Waals surface area contributed by atoms with Gasteiger partial charge >= 0.3 is 0 Å². The molecule has 2 saturated heterocycles. The van der Waals surface area contributed by atoms with Crippen LogP contribution >= 0.6 is 0 Å². The Hall–Kier alpha value is -3.87. The number of nitriles is 1. The monoisotopic (exact) mass is 471 g/mol. The largest absolute Gasteiger partial charge is 0.495 e. The Morgan fingerprint density at radius 3 is 2.66 bits per heavy atom. The molecule has 0 unspecified atom stereocenters. The highest BCUT2D eigenvalue weighted by Gasteiger charge is 2.65. The van der Waals surface area contributed by atoms with Gasteiger partial charge in [-0.05, 0) is 49.2 Å². The summed E-state index contributed by atoms with van der Waals surface area (Å²) in [6.45, 7) is 1.90. The van der Waals surface area contributed by atoms with Crippen LogP contribution in [-0.4, -0.2) is 53.0 Å². The van der Waals surface area contributed by atoms with Gasteiger partial charge in [-0.2, -0.15) is 5.26 Å². The molecule has 1 aliphatic carbocycles. The number of benzene rings is 2. The van der Waals surface area contributed by atoms with Crippen molar-refractivity contribution in [3.8, 4) is 34.6 Å². The zero-order chi connectivity index (χ0) is 24.2. The Morgan fingerprint density at radius 2 is 1.97 bits per heavy atom. The molecule has 2 aromatic carbocycles. The first-order chi connectivity index (χ1) is 17.0. The van der Waals surface area contributed by atoms with E-state index in [0.29, 0.717) is 48.3 Å². The fourth-order valence-corrected chi connectivity index (χ4v) is 5.62. The van der Waals surface area contributed by atoms with Gasteiger partial charge in [0.25, 0.3) is 0 Å². The maximum absolute atomic E-state index is 9.75. The van der Waals surface area contributed by atoms with Gasteiger partial charge in [-0.15, -0.1) is 0 Å². The summed E-state index contributed by atoms with van der Waals surface area (Å²) in [5, 5.41) is 19.3. The van der Waals surface area contributed by atoms with Crippen molar-refractivity contribution >= 4 is 5.84 Å². The Morgan fingerprint density at radius 1 is 1.20 bits per heavy atom. The van der Waals surface area contributed by atoms with Crippen molar-refractivity contribution in [3.63, 3.8) is 0 Å². The number of rotatable bonds is 6. The van der Waals surface area contributed by atoms with Crippen molar-refractivity contribution < 1.29 is 19.3 Å². The van der Waals surface area contributed by atoms with E-state index in [9.17, 15) is 10.4 Å². The van der Waals surface area contributed by atoms with Gasteiger partial charge in [0.2, 0.25) is 0 Å². The topological polar surface area (TPSA) is 128 Å². The number of aliphatic hydroxyl groups excluding tert-OH is 1. The van der Waals surface area contributed by atoms with E-state index < -0.39 is 5.60 Å². The second kappa shape index (κ2) is 7.83. The summed E-state index contributed by atoms with van der Waals surface area (Å²) < 4.78 is 19.4. The smallest absolute Gasteiger partial charge is 0.148 e. The van der Waals surface area contributed by atoms with E-state index in [1.165, 1.54) is 7.11 Å². The van der Waals surface area contributed by atoms with Crippen LogP contribution in [0.2, 0.25) is 0 Å². The number of aliphatic imine (C=N–C) groups is 1. The molecule has 3 N–H and O–H groups in total. The summed E-state index contributed by atoms with van der Waals surface area (Å²) in [6.07, 6.45) is 1.52. The second-order valence-corrected chi connectivity index (χ2v) is 9.39. The van der Waals surface area contributed by atoms with Crippen LogP contribution < -0.4 is 15.2 Å². The molecule has 3 fully saturated rings. The average molecular weight is 472 g/mol. The molecule has 7 rings (SSSR count). The molecule has 1 saturated carbocycles. The molecule has 9 heteroatoms. The number of aliphatic hydroxyl groups is 1. The first-order valence-corrected chi connectivity index (χ1v) is 11.5. The van der Waals surface area contributed by atoms with E-state index in [1.54, 1.807) is 18.2 Å². The summed E-state index contributed by atoms with van der Waals surface area (Å²) in [5.74, 6) is 2.91. The van der Waals surface area contributed by atoms with Crippen molar-refractivity contribution in [1.82, 2.24) is 9.55 Å². The number of aromatic nitrogens is 2. The third kappa shape index (κ3) is 3.21.